The maximum Gasteiger partial charge on any atom is 0.326 e. The summed E-state index contributed by atoms with van der Waals surface area (Å²) in [6, 6.07) is 2.69. The number of aliphatic carboxylic acids is 1. The SMILES string of the molecule is CCCCN(CCC[N+](C)(C)C)C(=O)CN1C[C@H](c2cc(OC)c3c(c2)OCO3)C(C(=O)O)[C@@H]1CCN1CCC(=O)N(C)C1=O. The van der Waals surface area contributed by atoms with Crippen molar-refractivity contribution < 1.29 is 43.0 Å². The van der Waals surface area contributed by atoms with Gasteiger partial charge < -0.3 is 33.6 Å². The van der Waals surface area contributed by atoms with E-state index in [0.29, 0.717) is 43.3 Å². The number of carboxylic acid groups (broad SMARTS) is 1. The minimum Gasteiger partial charge on any atom is -0.493 e. The third-order valence-corrected chi connectivity index (χ3v) is 9.09. The van der Waals surface area contributed by atoms with Crippen molar-refractivity contribution in [2.45, 2.75) is 51.0 Å². The predicted molar refractivity (Wildman–Crippen MR) is 166 cm³/mol. The maximum absolute atomic E-state index is 13.9. The van der Waals surface area contributed by atoms with Gasteiger partial charge in [-0.25, -0.2) is 4.79 Å². The van der Waals surface area contributed by atoms with Crippen molar-refractivity contribution in [3.05, 3.63) is 17.7 Å². The molecule has 0 radical (unpaired) electrons. The first kappa shape index (κ1) is 34.3. The number of carboxylic acids is 1. The molecule has 13 nitrogen and oxygen atoms in total. The number of unbranched alkanes of at least 4 members (excludes halogenated alkanes) is 1. The van der Waals surface area contributed by atoms with Crippen molar-refractivity contribution in [1.29, 1.82) is 0 Å². The molecule has 1 unspecified atom stereocenters. The molecule has 3 aliphatic heterocycles. The summed E-state index contributed by atoms with van der Waals surface area (Å²) in [5, 5.41) is 10.6. The van der Waals surface area contributed by atoms with Crippen LogP contribution in [0.2, 0.25) is 0 Å². The number of nitrogens with zero attached hydrogens (tertiary/aromatic N) is 5. The highest BCUT2D eigenvalue weighted by molar-refractivity contribution is 5.96. The monoisotopic (exact) mass is 632 g/mol. The van der Waals surface area contributed by atoms with Gasteiger partial charge in [0.1, 0.15) is 0 Å². The molecule has 2 saturated heterocycles. The molecule has 0 spiro atoms. The number of carbonyl (C=O) groups is 4. The first-order chi connectivity index (χ1) is 21.3. The molecule has 13 heteroatoms. The summed E-state index contributed by atoms with van der Waals surface area (Å²) in [7, 11) is 9.38. The number of methoxy groups -OCH3 is 1. The first-order valence-electron chi connectivity index (χ1n) is 15.9. The van der Waals surface area contributed by atoms with E-state index in [1.165, 1.54) is 14.2 Å². The van der Waals surface area contributed by atoms with Crippen LogP contribution in [-0.4, -0.2) is 147 Å². The number of benzene rings is 1. The van der Waals surface area contributed by atoms with Gasteiger partial charge in [-0.2, -0.15) is 0 Å². The predicted octanol–water partition coefficient (Wildman–Crippen LogP) is 2.29. The summed E-state index contributed by atoms with van der Waals surface area (Å²) in [5.74, 6) is -1.11. The standard InChI is InChI=1S/C32H49N5O8/c1-7-8-12-34(13-9-16-37(3,4)5)28(39)20-36-19-23(22-17-25(43-6)30-26(18-22)44-21-45-30)29(31(40)41)24(36)10-14-35-15-11-27(38)33(2)32(35)42/h17-18,23-24,29H,7-16,19-21H2,1-6H3/p+1/t23-,24+,29?/m1/s1. The molecule has 4 rings (SSSR count). The van der Waals surface area contributed by atoms with Gasteiger partial charge in [-0.15, -0.1) is 0 Å². The van der Waals surface area contributed by atoms with Gasteiger partial charge in [0.25, 0.3) is 0 Å². The van der Waals surface area contributed by atoms with Crippen LogP contribution in [0.1, 0.15) is 50.5 Å². The Bertz CT molecular complexity index is 1250. The van der Waals surface area contributed by atoms with Crippen LogP contribution in [-0.2, 0) is 14.4 Å². The van der Waals surface area contributed by atoms with E-state index < -0.39 is 29.9 Å². The van der Waals surface area contributed by atoms with Crippen LogP contribution in [0.5, 0.6) is 17.2 Å². The number of hydrogen-bond donors (Lipinski definition) is 1. The number of likely N-dealkylation sites (tertiary alicyclic amines) is 1. The fourth-order valence-corrected chi connectivity index (χ4v) is 6.58. The summed E-state index contributed by atoms with van der Waals surface area (Å²) in [4.78, 5) is 58.4. The average molecular weight is 633 g/mol. The van der Waals surface area contributed by atoms with Crippen LogP contribution in [0.15, 0.2) is 12.1 Å². The fraction of sp³-hybridized carbons (Fsp3) is 0.688. The van der Waals surface area contributed by atoms with Gasteiger partial charge in [-0.1, -0.05) is 13.3 Å². The number of carbonyl (C=O) groups excluding carboxylic acids is 3. The molecule has 1 aromatic carbocycles. The number of amides is 4. The quantitative estimate of drug-likeness (QED) is 0.290. The third-order valence-electron chi connectivity index (χ3n) is 9.09. The second-order valence-corrected chi connectivity index (χ2v) is 13.3. The Morgan fingerprint density at radius 2 is 1.87 bits per heavy atom. The van der Waals surface area contributed by atoms with E-state index in [9.17, 15) is 24.3 Å². The molecule has 1 N–H and O–H groups in total. The van der Waals surface area contributed by atoms with E-state index in [1.807, 2.05) is 9.80 Å². The molecule has 0 aliphatic carbocycles. The lowest BCUT2D eigenvalue weighted by molar-refractivity contribution is -0.870. The van der Waals surface area contributed by atoms with Crippen molar-refractivity contribution in [2.75, 3.05) is 87.9 Å². The summed E-state index contributed by atoms with van der Waals surface area (Å²) < 4.78 is 17.6. The molecule has 0 aromatic heterocycles. The molecule has 250 valence electrons. The molecule has 3 aliphatic rings. The minimum absolute atomic E-state index is 0.0257. The number of rotatable bonds is 15. The Labute approximate surface area is 266 Å². The molecule has 3 atom stereocenters. The second kappa shape index (κ2) is 14.7. The highest BCUT2D eigenvalue weighted by Crippen LogP contribution is 2.47. The molecule has 1 aromatic rings. The van der Waals surface area contributed by atoms with Crippen LogP contribution < -0.4 is 14.2 Å². The highest BCUT2D eigenvalue weighted by Gasteiger charge is 2.48. The molecule has 4 amide bonds. The molecule has 0 bridgehead atoms. The van der Waals surface area contributed by atoms with Gasteiger partial charge in [0.2, 0.25) is 24.4 Å². The smallest absolute Gasteiger partial charge is 0.326 e. The maximum atomic E-state index is 13.9. The Morgan fingerprint density at radius 1 is 1.13 bits per heavy atom. The number of hydrogen-bond acceptors (Lipinski definition) is 8. The number of urea groups is 1. The number of imide groups is 1. The lowest BCUT2D eigenvalue weighted by Crippen LogP contribution is -2.52. The summed E-state index contributed by atoms with van der Waals surface area (Å²) in [6.45, 7) is 5.34. The van der Waals surface area contributed by atoms with E-state index >= 15 is 0 Å². The van der Waals surface area contributed by atoms with Crippen molar-refractivity contribution in [2.24, 2.45) is 5.92 Å². The summed E-state index contributed by atoms with van der Waals surface area (Å²) in [5.41, 5.74) is 0.730. The van der Waals surface area contributed by atoms with E-state index in [-0.39, 0.29) is 44.7 Å². The first-order valence-corrected chi connectivity index (χ1v) is 15.9. The Hall–Kier alpha value is -3.58. The van der Waals surface area contributed by atoms with Gasteiger partial charge in [0, 0.05) is 64.6 Å². The van der Waals surface area contributed by atoms with Gasteiger partial charge in [0.05, 0.1) is 47.3 Å². The van der Waals surface area contributed by atoms with Crippen molar-refractivity contribution in [3.63, 3.8) is 0 Å². The normalized spacial score (nSPS) is 21.9. The highest BCUT2D eigenvalue weighted by atomic mass is 16.7. The Morgan fingerprint density at radius 3 is 2.53 bits per heavy atom. The van der Waals surface area contributed by atoms with Gasteiger partial charge in [-0.05, 0) is 30.5 Å². The number of fused-ring (bicyclic) bond motifs is 1. The van der Waals surface area contributed by atoms with Crippen LogP contribution in [0.25, 0.3) is 0 Å². The van der Waals surface area contributed by atoms with Gasteiger partial charge >= 0.3 is 12.0 Å². The fourth-order valence-electron chi connectivity index (χ4n) is 6.58. The molecular formula is C32H50N5O8+. The largest absolute Gasteiger partial charge is 0.493 e. The summed E-state index contributed by atoms with van der Waals surface area (Å²) in [6.07, 6.45) is 3.27. The molecule has 45 heavy (non-hydrogen) atoms. The third kappa shape index (κ3) is 8.18. The van der Waals surface area contributed by atoms with Gasteiger partial charge in [0.15, 0.2) is 11.5 Å². The molecule has 3 heterocycles. The van der Waals surface area contributed by atoms with Crippen molar-refractivity contribution in [1.82, 2.24) is 19.6 Å². The topological polar surface area (TPSA) is 129 Å². The zero-order valence-corrected chi connectivity index (χ0v) is 27.6. The number of ether oxygens (including phenoxy) is 3. The Balaban J connectivity index is 1.61. The molecular weight excluding hydrogens is 582 g/mol. The van der Waals surface area contributed by atoms with E-state index in [4.69, 9.17) is 14.2 Å². The second-order valence-electron chi connectivity index (χ2n) is 13.3. The zero-order chi connectivity index (χ0) is 32.9. The summed E-state index contributed by atoms with van der Waals surface area (Å²) >= 11 is 0. The van der Waals surface area contributed by atoms with E-state index in [2.05, 4.69) is 28.1 Å². The average Bonchev–Trinajstić information content (AvgIpc) is 3.61. The minimum atomic E-state index is -0.973. The van der Waals surface area contributed by atoms with Crippen LogP contribution in [0.4, 0.5) is 4.79 Å². The van der Waals surface area contributed by atoms with Gasteiger partial charge in [-0.3, -0.25) is 24.2 Å². The van der Waals surface area contributed by atoms with E-state index in [1.54, 1.807) is 17.0 Å². The zero-order valence-electron chi connectivity index (χ0n) is 27.6. The van der Waals surface area contributed by atoms with Crippen LogP contribution in [0.3, 0.4) is 0 Å². The lowest BCUT2D eigenvalue weighted by Gasteiger charge is -2.35. The lowest BCUT2D eigenvalue weighted by atomic mass is 9.84. The molecule has 0 saturated carbocycles. The molecule has 2 fully saturated rings. The van der Waals surface area contributed by atoms with Crippen molar-refractivity contribution >= 4 is 23.8 Å². The van der Waals surface area contributed by atoms with E-state index in [0.717, 1.165) is 40.8 Å². The van der Waals surface area contributed by atoms with Crippen LogP contribution >= 0.6 is 0 Å². The number of quaternary nitrogens is 1. The Kier molecular flexibility index (Phi) is 11.2. The van der Waals surface area contributed by atoms with Crippen molar-refractivity contribution in [3.8, 4) is 17.2 Å². The van der Waals surface area contributed by atoms with Crippen LogP contribution in [0, 0.1) is 5.92 Å².